The van der Waals surface area contributed by atoms with E-state index < -0.39 is 11.0 Å². The predicted octanol–water partition coefficient (Wildman–Crippen LogP) is 3.16. The fraction of sp³-hybridized carbons (Fsp3) is 0.500. The lowest BCUT2D eigenvalue weighted by Gasteiger charge is -2.18. The third-order valence-corrected chi connectivity index (χ3v) is 4.69. The molecule has 16 heavy (non-hydrogen) atoms. The predicted molar refractivity (Wildman–Crippen MR) is 68.8 cm³/mol. The van der Waals surface area contributed by atoms with E-state index in [1.165, 1.54) is 5.56 Å². The van der Waals surface area contributed by atoms with Gasteiger partial charge in [-0.2, -0.15) is 0 Å². The van der Waals surface area contributed by atoms with E-state index in [2.05, 4.69) is 0 Å². The summed E-state index contributed by atoms with van der Waals surface area (Å²) in [6.45, 7) is 6.88. The van der Waals surface area contributed by atoms with Crippen LogP contribution in [0.4, 0.5) is 0 Å². The molecule has 0 bridgehead atoms. The molecule has 0 amide bonds. The summed E-state index contributed by atoms with van der Waals surface area (Å²) in [5.74, 6) is 0. The molecule has 2 nitrogen and oxygen atoms in total. The van der Waals surface area contributed by atoms with Gasteiger partial charge < -0.3 is 0 Å². The van der Waals surface area contributed by atoms with Gasteiger partial charge >= 0.3 is 0 Å². The molecule has 0 aliphatic carbocycles. The summed E-state index contributed by atoms with van der Waals surface area (Å²) in [6.07, 6.45) is 0. The first-order valence-electron chi connectivity index (χ1n) is 5.34. The summed E-state index contributed by atoms with van der Waals surface area (Å²) in [5.41, 5.74) is 1.20. The van der Waals surface area contributed by atoms with Gasteiger partial charge in [-0.15, -0.1) is 0 Å². The summed E-state index contributed by atoms with van der Waals surface area (Å²) in [4.78, 5) is 0. The molecule has 0 aromatic heterocycles. The van der Waals surface area contributed by atoms with Crippen molar-refractivity contribution in [2.45, 2.75) is 31.6 Å². The lowest BCUT2D eigenvalue weighted by molar-refractivity contribution is 0.607. The molecule has 1 unspecified atom stereocenters. The van der Waals surface area contributed by atoms with Gasteiger partial charge in [0.05, 0.1) is 10.8 Å². The zero-order valence-electron chi connectivity index (χ0n) is 9.74. The van der Waals surface area contributed by atoms with E-state index in [9.17, 15) is 4.21 Å². The third-order valence-electron chi connectivity index (χ3n) is 2.56. The largest absolute Gasteiger partial charge is 0.242 e. The van der Waals surface area contributed by atoms with Crippen LogP contribution >= 0.6 is 11.6 Å². The highest BCUT2D eigenvalue weighted by molar-refractivity contribution is 7.84. The SMILES string of the molecule is CC(C)(C)[S@@](=O)N1C[C@@H]1c1ccc(Cl)cc1. The number of halogens is 1. The quantitative estimate of drug-likeness (QED) is 0.746. The summed E-state index contributed by atoms with van der Waals surface area (Å²) in [7, 11) is -0.913. The Hall–Kier alpha value is -0.380. The van der Waals surface area contributed by atoms with Crippen molar-refractivity contribution in [2.24, 2.45) is 0 Å². The highest BCUT2D eigenvalue weighted by Crippen LogP contribution is 2.39. The van der Waals surface area contributed by atoms with Crippen LogP contribution in [0.5, 0.6) is 0 Å². The Balaban J connectivity index is 2.07. The van der Waals surface area contributed by atoms with Gasteiger partial charge in [0.1, 0.15) is 11.0 Å². The van der Waals surface area contributed by atoms with Crippen molar-refractivity contribution in [3.05, 3.63) is 34.9 Å². The van der Waals surface area contributed by atoms with Crippen molar-refractivity contribution in [2.75, 3.05) is 6.54 Å². The average molecular weight is 258 g/mol. The van der Waals surface area contributed by atoms with Crippen molar-refractivity contribution in [3.63, 3.8) is 0 Å². The molecule has 1 fully saturated rings. The fourth-order valence-electron chi connectivity index (χ4n) is 1.61. The highest BCUT2D eigenvalue weighted by atomic mass is 35.5. The first kappa shape index (κ1) is 12.1. The van der Waals surface area contributed by atoms with Crippen LogP contribution in [-0.2, 0) is 11.0 Å². The van der Waals surface area contributed by atoms with Crippen LogP contribution in [0.15, 0.2) is 24.3 Å². The molecule has 88 valence electrons. The minimum atomic E-state index is -0.913. The van der Waals surface area contributed by atoms with Crippen molar-refractivity contribution in [1.29, 1.82) is 0 Å². The van der Waals surface area contributed by atoms with E-state index in [0.717, 1.165) is 11.6 Å². The molecule has 0 saturated carbocycles. The Kier molecular flexibility index (Phi) is 3.12. The minimum absolute atomic E-state index is 0.179. The molecule has 1 aliphatic heterocycles. The molecule has 1 aliphatic rings. The summed E-state index contributed by atoms with van der Waals surface area (Å²) in [6, 6.07) is 8.08. The van der Waals surface area contributed by atoms with Crippen molar-refractivity contribution >= 4 is 22.6 Å². The zero-order chi connectivity index (χ0) is 11.9. The van der Waals surface area contributed by atoms with Gasteiger partial charge in [-0.25, -0.2) is 8.51 Å². The van der Waals surface area contributed by atoms with Crippen LogP contribution in [0.1, 0.15) is 32.4 Å². The second kappa shape index (κ2) is 4.13. The first-order valence-corrected chi connectivity index (χ1v) is 6.82. The molecule has 0 spiro atoms. The van der Waals surface area contributed by atoms with Crippen LogP contribution in [0, 0.1) is 0 Å². The normalized spacial score (nSPS) is 26.5. The Morgan fingerprint density at radius 3 is 2.38 bits per heavy atom. The van der Waals surface area contributed by atoms with Crippen LogP contribution < -0.4 is 0 Å². The number of hydrogen-bond donors (Lipinski definition) is 0. The summed E-state index contributed by atoms with van der Waals surface area (Å²) in [5, 5.41) is 0.743. The number of rotatable bonds is 2. The second-order valence-electron chi connectivity index (χ2n) is 5.03. The van der Waals surface area contributed by atoms with Gasteiger partial charge in [0.25, 0.3) is 0 Å². The van der Waals surface area contributed by atoms with Crippen LogP contribution in [0.2, 0.25) is 5.02 Å². The van der Waals surface area contributed by atoms with Crippen LogP contribution in [0.25, 0.3) is 0 Å². The van der Waals surface area contributed by atoms with E-state index in [0.29, 0.717) is 6.04 Å². The maximum absolute atomic E-state index is 12.1. The Morgan fingerprint density at radius 2 is 1.88 bits per heavy atom. The molecule has 2 rings (SSSR count). The maximum atomic E-state index is 12.1. The molecule has 4 heteroatoms. The van der Waals surface area contributed by atoms with Gasteiger partial charge in [-0.3, -0.25) is 0 Å². The molecule has 1 heterocycles. The van der Waals surface area contributed by atoms with E-state index >= 15 is 0 Å². The Labute approximate surface area is 104 Å². The van der Waals surface area contributed by atoms with Gasteiger partial charge in [0.2, 0.25) is 0 Å². The van der Waals surface area contributed by atoms with Crippen molar-refractivity contribution in [1.82, 2.24) is 4.31 Å². The van der Waals surface area contributed by atoms with E-state index in [1.807, 2.05) is 49.3 Å². The molecule has 0 radical (unpaired) electrons. The van der Waals surface area contributed by atoms with Crippen molar-refractivity contribution in [3.8, 4) is 0 Å². The van der Waals surface area contributed by atoms with Gasteiger partial charge in [0, 0.05) is 11.6 Å². The van der Waals surface area contributed by atoms with Crippen molar-refractivity contribution < 1.29 is 4.21 Å². The molecule has 1 aromatic rings. The average Bonchev–Trinajstić information content (AvgIpc) is 2.96. The van der Waals surface area contributed by atoms with Gasteiger partial charge in [0.15, 0.2) is 0 Å². The molecular formula is C12H16ClNOS. The van der Waals surface area contributed by atoms with E-state index in [-0.39, 0.29) is 4.75 Å². The Bertz CT molecular complexity index is 410. The topological polar surface area (TPSA) is 20.1 Å². The third kappa shape index (κ3) is 2.47. The molecule has 1 aromatic carbocycles. The summed E-state index contributed by atoms with van der Waals surface area (Å²) >= 11 is 5.83. The smallest absolute Gasteiger partial charge is 0.100 e. The standard InChI is InChI=1S/C12H16ClNOS/c1-12(2,3)16(15)14-8-11(14)9-4-6-10(13)7-5-9/h4-7,11H,8H2,1-3H3/t11-,14?,16-/m1/s1. The first-order chi connectivity index (χ1) is 7.39. The minimum Gasteiger partial charge on any atom is -0.242 e. The van der Waals surface area contributed by atoms with E-state index in [1.54, 1.807) is 0 Å². The van der Waals surface area contributed by atoms with Crippen LogP contribution in [-0.4, -0.2) is 19.8 Å². The fourth-order valence-corrected chi connectivity index (χ4v) is 3.07. The maximum Gasteiger partial charge on any atom is 0.100 e. The molecule has 3 atom stereocenters. The lowest BCUT2D eigenvalue weighted by Crippen LogP contribution is -2.27. The molecular weight excluding hydrogens is 242 g/mol. The second-order valence-corrected chi connectivity index (χ2v) is 7.66. The molecule has 1 saturated heterocycles. The monoisotopic (exact) mass is 257 g/mol. The molecule has 0 N–H and O–H groups in total. The van der Waals surface area contributed by atoms with Gasteiger partial charge in [-0.1, -0.05) is 23.7 Å². The van der Waals surface area contributed by atoms with Gasteiger partial charge in [-0.05, 0) is 38.5 Å². The number of benzene rings is 1. The van der Waals surface area contributed by atoms with Crippen LogP contribution in [0.3, 0.4) is 0 Å². The number of hydrogen-bond acceptors (Lipinski definition) is 1. The lowest BCUT2D eigenvalue weighted by atomic mass is 10.2. The summed E-state index contributed by atoms with van der Waals surface area (Å²) < 4.78 is 13.9. The Morgan fingerprint density at radius 1 is 1.31 bits per heavy atom. The number of nitrogens with zero attached hydrogens (tertiary/aromatic N) is 1. The van der Waals surface area contributed by atoms with E-state index in [4.69, 9.17) is 11.6 Å². The zero-order valence-corrected chi connectivity index (χ0v) is 11.3. The highest BCUT2D eigenvalue weighted by Gasteiger charge is 2.43.